The summed E-state index contributed by atoms with van der Waals surface area (Å²) in [6.45, 7) is 2.00. The Morgan fingerprint density at radius 3 is 2.68 bits per heavy atom. The number of thiophene rings is 1. The summed E-state index contributed by atoms with van der Waals surface area (Å²) in [5.41, 5.74) is 3.15. The van der Waals surface area contributed by atoms with Gasteiger partial charge in [-0.2, -0.15) is 5.10 Å². The third-order valence-corrected chi connectivity index (χ3v) is 6.46. The van der Waals surface area contributed by atoms with Crippen LogP contribution in [-0.4, -0.2) is 21.2 Å². The van der Waals surface area contributed by atoms with E-state index in [0.717, 1.165) is 38.2 Å². The van der Waals surface area contributed by atoms with Gasteiger partial charge in [0.2, 0.25) is 0 Å². The third kappa shape index (κ3) is 3.57. The van der Waals surface area contributed by atoms with Gasteiger partial charge in [-0.1, -0.05) is 41.6 Å². The second-order valence-corrected chi connectivity index (χ2v) is 8.25. The van der Waals surface area contributed by atoms with Crippen LogP contribution in [0.2, 0.25) is 5.02 Å². The van der Waals surface area contributed by atoms with Crippen LogP contribution in [0.1, 0.15) is 5.56 Å². The Balaban J connectivity index is 1.68. The fourth-order valence-corrected chi connectivity index (χ4v) is 4.69. The Bertz CT molecular complexity index is 1100. The molecule has 0 aliphatic rings. The summed E-state index contributed by atoms with van der Waals surface area (Å²) in [5, 5.41) is 9.28. The van der Waals surface area contributed by atoms with Crippen molar-refractivity contribution in [2.75, 3.05) is 6.01 Å². The van der Waals surface area contributed by atoms with Crippen LogP contribution in [0, 0.1) is 12.7 Å². The minimum Gasteiger partial charge on any atom is -0.259 e. The summed E-state index contributed by atoms with van der Waals surface area (Å²) < 4.78 is 26.6. The molecule has 1 N–H and O–H groups in total. The van der Waals surface area contributed by atoms with Gasteiger partial charge in [-0.05, 0) is 42.3 Å². The van der Waals surface area contributed by atoms with Gasteiger partial charge < -0.3 is 0 Å². The second-order valence-electron chi connectivity index (χ2n) is 5.99. The Morgan fingerprint density at radius 1 is 1.18 bits per heavy atom. The molecule has 4 rings (SSSR count). The first-order valence-corrected chi connectivity index (χ1v) is 10.6. The lowest BCUT2D eigenvalue weighted by molar-refractivity contribution is 0.605. The fraction of sp³-hybridized carbons (Fsp3) is 0.100. The number of H-pyrrole nitrogens is 1. The highest BCUT2D eigenvalue weighted by molar-refractivity contribution is 7.99. The lowest BCUT2D eigenvalue weighted by atomic mass is 10.1. The molecule has 0 saturated carbocycles. The quantitative estimate of drug-likeness (QED) is 0.345. The molecular formula is C20H14ClF2N3S2. The molecule has 0 aliphatic heterocycles. The van der Waals surface area contributed by atoms with E-state index < -0.39 is 11.8 Å². The van der Waals surface area contributed by atoms with Gasteiger partial charge in [-0.15, -0.1) is 11.3 Å². The van der Waals surface area contributed by atoms with Crippen molar-refractivity contribution in [3.63, 3.8) is 0 Å². The van der Waals surface area contributed by atoms with Gasteiger partial charge >= 0.3 is 0 Å². The molecule has 0 aliphatic carbocycles. The SMILES string of the molecule is Cc1c(-c2n[nH]c(-c3c(F)cccc3Cl)n2)csc1-c1ccc(SCF)cc1. The zero-order chi connectivity index (χ0) is 19.7. The normalized spacial score (nSPS) is 11.1. The summed E-state index contributed by atoms with van der Waals surface area (Å²) in [4.78, 5) is 6.42. The maximum atomic E-state index is 14.1. The zero-order valence-corrected chi connectivity index (χ0v) is 17.1. The monoisotopic (exact) mass is 433 g/mol. The van der Waals surface area contributed by atoms with E-state index in [9.17, 15) is 8.78 Å². The van der Waals surface area contributed by atoms with Crippen LogP contribution in [0.5, 0.6) is 0 Å². The smallest absolute Gasteiger partial charge is 0.182 e. The Hall–Kier alpha value is -2.22. The Labute approximate surface area is 173 Å². The van der Waals surface area contributed by atoms with Crippen LogP contribution in [0.3, 0.4) is 0 Å². The molecule has 0 atom stereocenters. The molecule has 28 heavy (non-hydrogen) atoms. The van der Waals surface area contributed by atoms with Crippen molar-refractivity contribution in [2.24, 2.45) is 0 Å². The van der Waals surface area contributed by atoms with Crippen molar-refractivity contribution in [1.29, 1.82) is 0 Å². The van der Waals surface area contributed by atoms with Gasteiger partial charge in [-0.25, -0.2) is 13.8 Å². The maximum absolute atomic E-state index is 14.1. The predicted octanol–water partition coefficient (Wildman–Crippen LogP) is 6.99. The number of benzene rings is 2. The lowest BCUT2D eigenvalue weighted by Crippen LogP contribution is -1.88. The Morgan fingerprint density at radius 2 is 1.96 bits per heavy atom. The van der Waals surface area contributed by atoms with Gasteiger partial charge in [-0.3, -0.25) is 5.10 Å². The van der Waals surface area contributed by atoms with Crippen molar-refractivity contribution < 1.29 is 8.78 Å². The van der Waals surface area contributed by atoms with E-state index in [-0.39, 0.29) is 16.4 Å². The molecule has 2 heterocycles. The van der Waals surface area contributed by atoms with E-state index in [1.165, 1.54) is 6.07 Å². The summed E-state index contributed by atoms with van der Waals surface area (Å²) in [6, 6.07) is 11.8. The highest BCUT2D eigenvalue weighted by atomic mass is 35.5. The van der Waals surface area contributed by atoms with E-state index >= 15 is 0 Å². The summed E-state index contributed by atoms with van der Waals surface area (Å²) in [5.74, 6) is 0.320. The lowest BCUT2D eigenvalue weighted by Gasteiger charge is -2.03. The third-order valence-electron chi connectivity index (χ3n) is 4.30. The number of alkyl halides is 1. The van der Waals surface area contributed by atoms with E-state index in [4.69, 9.17) is 11.6 Å². The minimum absolute atomic E-state index is 0.206. The number of aromatic nitrogens is 3. The highest BCUT2D eigenvalue weighted by Gasteiger charge is 2.18. The van der Waals surface area contributed by atoms with Gasteiger partial charge in [0.15, 0.2) is 11.6 Å². The molecule has 2 aromatic heterocycles. The molecule has 3 nitrogen and oxygen atoms in total. The first kappa shape index (κ1) is 19.1. The Kier molecular flexibility index (Phi) is 5.48. The molecule has 4 aromatic rings. The molecule has 0 spiro atoms. The molecule has 0 radical (unpaired) electrons. The standard InChI is InChI=1S/C20H14ClF2N3S2/c1-11-14(9-27-18(11)12-5-7-13(8-6-12)28-10-22)19-24-20(26-25-19)17-15(21)3-2-4-16(17)23/h2-9H,10H2,1H3,(H,24,25,26). The molecule has 0 amide bonds. The molecular weight excluding hydrogens is 420 g/mol. The van der Waals surface area contributed by atoms with Crippen molar-refractivity contribution in [1.82, 2.24) is 15.2 Å². The van der Waals surface area contributed by atoms with Crippen molar-refractivity contribution in [3.8, 4) is 33.2 Å². The van der Waals surface area contributed by atoms with Crippen molar-refractivity contribution in [3.05, 3.63) is 64.2 Å². The van der Waals surface area contributed by atoms with Gasteiger partial charge in [0, 0.05) is 20.7 Å². The van der Waals surface area contributed by atoms with Crippen LogP contribution in [0.25, 0.3) is 33.2 Å². The minimum atomic E-state index is -0.454. The molecule has 8 heteroatoms. The number of aromatic amines is 1. The first-order chi connectivity index (χ1) is 13.6. The average molecular weight is 434 g/mol. The predicted molar refractivity (Wildman–Crippen MR) is 112 cm³/mol. The first-order valence-electron chi connectivity index (χ1n) is 8.33. The molecule has 0 fully saturated rings. The van der Waals surface area contributed by atoms with Crippen LogP contribution in [-0.2, 0) is 0 Å². The molecule has 0 unspecified atom stereocenters. The summed E-state index contributed by atoms with van der Waals surface area (Å²) in [7, 11) is 0. The number of hydrogen-bond acceptors (Lipinski definition) is 4. The van der Waals surface area contributed by atoms with Crippen molar-refractivity contribution >= 4 is 34.7 Å². The number of nitrogens with one attached hydrogen (secondary N) is 1. The van der Waals surface area contributed by atoms with E-state index in [0.29, 0.717) is 5.82 Å². The topological polar surface area (TPSA) is 41.6 Å². The molecule has 142 valence electrons. The van der Waals surface area contributed by atoms with Crippen LogP contribution in [0.15, 0.2) is 52.7 Å². The van der Waals surface area contributed by atoms with Gasteiger partial charge in [0.25, 0.3) is 0 Å². The molecule has 0 bridgehead atoms. The molecule has 0 saturated heterocycles. The number of thioether (sulfide) groups is 1. The number of halogens is 3. The van der Waals surface area contributed by atoms with Gasteiger partial charge in [0.05, 0.1) is 10.6 Å². The maximum Gasteiger partial charge on any atom is 0.182 e. The number of rotatable bonds is 5. The summed E-state index contributed by atoms with van der Waals surface area (Å²) >= 11 is 8.86. The highest BCUT2D eigenvalue weighted by Crippen LogP contribution is 2.38. The number of hydrogen-bond donors (Lipinski definition) is 1. The molecule has 2 aromatic carbocycles. The van der Waals surface area contributed by atoms with Crippen molar-refractivity contribution in [2.45, 2.75) is 11.8 Å². The number of nitrogens with zero attached hydrogens (tertiary/aromatic N) is 2. The van der Waals surface area contributed by atoms with E-state index in [2.05, 4.69) is 15.2 Å². The van der Waals surface area contributed by atoms with E-state index in [1.54, 1.807) is 23.5 Å². The summed E-state index contributed by atoms with van der Waals surface area (Å²) in [6.07, 6.45) is 0. The average Bonchev–Trinajstić information content (AvgIpc) is 3.29. The fourth-order valence-electron chi connectivity index (χ4n) is 2.91. The second kappa shape index (κ2) is 8.03. The van der Waals surface area contributed by atoms with Gasteiger partial charge in [0.1, 0.15) is 11.8 Å². The largest absolute Gasteiger partial charge is 0.259 e. The van der Waals surface area contributed by atoms with Crippen LogP contribution < -0.4 is 0 Å². The van der Waals surface area contributed by atoms with Crippen LogP contribution in [0.4, 0.5) is 8.78 Å². The van der Waals surface area contributed by atoms with Crippen LogP contribution >= 0.6 is 34.7 Å². The zero-order valence-electron chi connectivity index (χ0n) is 14.7. The van der Waals surface area contributed by atoms with E-state index in [1.807, 2.05) is 36.6 Å².